The predicted molar refractivity (Wildman–Crippen MR) is 76.6 cm³/mol. The first-order valence-corrected chi connectivity index (χ1v) is 6.56. The Hall–Kier alpha value is -2.65. The van der Waals surface area contributed by atoms with E-state index in [1.807, 2.05) is 36.4 Å². The molecule has 1 aromatic carbocycles. The van der Waals surface area contributed by atoms with Gasteiger partial charge in [0.25, 0.3) is 0 Å². The fourth-order valence-electron chi connectivity index (χ4n) is 1.52. The van der Waals surface area contributed by atoms with E-state index in [1.165, 1.54) is 6.20 Å². The number of alkyl halides is 1. The van der Waals surface area contributed by atoms with Crippen LogP contribution in [0.1, 0.15) is 17.0 Å². The zero-order chi connectivity index (χ0) is 15.1. The highest BCUT2D eigenvalue weighted by Gasteiger charge is 2.11. The standard InChI is InChI=1S/C14H11ClN4O2/c15-6-12-17-8-11(7-16)13(18-12)19-14(20)21-9-10-4-2-1-3-5-10/h1-5,8H,6,9H2,(H,17,18,19,20). The Labute approximate surface area is 126 Å². The highest BCUT2D eigenvalue weighted by Crippen LogP contribution is 2.12. The van der Waals surface area contributed by atoms with Gasteiger partial charge in [0.05, 0.1) is 12.1 Å². The van der Waals surface area contributed by atoms with Gasteiger partial charge in [0.1, 0.15) is 24.1 Å². The van der Waals surface area contributed by atoms with Gasteiger partial charge in [-0.3, -0.25) is 5.32 Å². The number of carbonyl (C=O) groups excluding carboxylic acids is 1. The van der Waals surface area contributed by atoms with Gasteiger partial charge in [-0.2, -0.15) is 5.26 Å². The first-order valence-electron chi connectivity index (χ1n) is 6.02. The maximum absolute atomic E-state index is 11.7. The van der Waals surface area contributed by atoms with Crippen molar-refractivity contribution in [2.24, 2.45) is 0 Å². The average molecular weight is 303 g/mol. The van der Waals surface area contributed by atoms with Crippen LogP contribution in [0.4, 0.5) is 10.6 Å². The molecule has 1 aromatic heterocycles. The summed E-state index contributed by atoms with van der Waals surface area (Å²) in [7, 11) is 0. The van der Waals surface area contributed by atoms with Crippen molar-refractivity contribution in [3.63, 3.8) is 0 Å². The summed E-state index contributed by atoms with van der Waals surface area (Å²) in [4.78, 5) is 19.6. The third kappa shape index (κ3) is 4.16. The summed E-state index contributed by atoms with van der Waals surface area (Å²) in [5, 5.41) is 11.4. The second kappa shape index (κ2) is 7.22. The molecule has 1 amide bonds. The number of anilines is 1. The molecule has 2 aromatic rings. The van der Waals surface area contributed by atoms with Gasteiger partial charge in [-0.15, -0.1) is 11.6 Å². The molecule has 21 heavy (non-hydrogen) atoms. The van der Waals surface area contributed by atoms with Crippen molar-refractivity contribution < 1.29 is 9.53 Å². The minimum Gasteiger partial charge on any atom is -0.444 e. The molecule has 0 spiro atoms. The number of halogens is 1. The zero-order valence-electron chi connectivity index (χ0n) is 10.9. The number of carbonyl (C=O) groups is 1. The monoisotopic (exact) mass is 302 g/mol. The number of rotatable bonds is 4. The van der Waals surface area contributed by atoms with Gasteiger partial charge in [0.15, 0.2) is 5.82 Å². The molecule has 6 nitrogen and oxygen atoms in total. The van der Waals surface area contributed by atoms with E-state index in [-0.39, 0.29) is 23.9 Å². The molecule has 0 radical (unpaired) electrons. The van der Waals surface area contributed by atoms with Gasteiger partial charge >= 0.3 is 6.09 Å². The Morgan fingerprint density at radius 1 is 1.38 bits per heavy atom. The molecular weight excluding hydrogens is 292 g/mol. The molecule has 0 aliphatic rings. The summed E-state index contributed by atoms with van der Waals surface area (Å²) in [6.45, 7) is 0.127. The second-order valence-corrected chi connectivity index (χ2v) is 4.25. The van der Waals surface area contributed by atoms with Crippen molar-refractivity contribution in [3.05, 3.63) is 53.5 Å². The second-order valence-electron chi connectivity index (χ2n) is 3.98. The summed E-state index contributed by atoms with van der Waals surface area (Å²) in [6, 6.07) is 11.1. The maximum atomic E-state index is 11.7. The summed E-state index contributed by atoms with van der Waals surface area (Å²) in [5.41, 5.74) is 0.998. The molecule has 0 unspecified atom stereocenters. The Morgan fingerprint density at radius 2 is 2.14 bits per heavy atom. The van der Waals surface area contributed by atoms with Crippen LogP contribution in [0.15, 0.2) is 36.5 Å². The molecule has 2 rings (SSSR count). The molecule has 0 bridgehead atoms. The SMILES string of the molecule is N#Cc1cnc(CCl)nc1NC(=O)OCc1ccccc1. The highest BCUT2D eigenvalue weighted by molar-refractivity contribution is 6.16. The molecule has 0 aliphatic heterocycles. The molecule has 1 heterocycles. The van der Waals surface area contributed by atoms with Crippen LogP contribution in [0.3, 0.4) is 0 Å². The van der Waals surface area contributed by atoms with Crippen LogP contribution in [0, 0.1) is 11.3 Å². The minimum absolute atomic E-state index is 0.0828. The number of ether oxygens (including phenoxy) is 1. The fraction of sp³-hybridized carbons (Fsp3) is 0.143. The number of benzene rings is 1. The molecule has 0 saturated heterocycles. The van der Waals surface area contributed by atoms with Crippen molar-refractivity contribution in [1.82, 2.24) is 9.97 Å². The number of nitrogens with one attached hydrogen (secondary N) is 1. The zero-order valence-corrected chi connectivity index (χ0v) is 11.7. The lowest BCUT2D eigenvalue weighted by Gasteiger charge is -2.08. The van der Waals surface area contributed by atoms with Crippen LogP contribution in [0.2, 0.25) is 0 Å². The summed E-state index contributed by atoms with van der Waals surface area (Å²) >= 11 is 5.62. The third-order valence-corrected chi connectivity index (χ3v) is 2.75. The summed E-state index contributed by atoms with van der Waals surface area (Å²) < 4.78 is 5.05. The van der Waals surface area contributed by atoms with Gasteiger partial charge in [-0.1, -0.05) is 30.3 Å². The Kier molecular flexibility index (Phi) is 5.07. The Bertz CT molecular complexity index is 670. The predicted octanol–water partition coefficient (Wildman–Crippen LogP) is 2.84. The van der Waals surface area contributed by atoms with Crippen LogP contribution in [-0.4, -0.2) is 16.1 Å². The van der Waals surface area contributed by atoms with E-state index in [0.29, 0.717) is 5.82 Å². The van der Waals surface area contributed by atoms with Crippen molar-refractivity contribution >= 4 is 23.5 Å². The topological polar surface area (TPSA) is 87.9 Å². The van der Waals surface area contributed by atoms with Gasteiger partial charge in [-0.25, -0.2) is 14.8 Å². The molecule has 0 fully saturated rings. The fourth-order valence-corrected chi connectivity index (χ4v) is 1.64. The number of amides is 1. The quantitative estimate of drug-likeness (QED) is 0.877. The average Bonchev–Trinajstić information content (AvgIpc) is 2.54. The van der Waals surface area contributed by atoms with E-state index in [1.54, 1.807) is 0 Å². The normalized spacial score (nSPS) is 9.71. The van der Waals surface area contributed by atoms with Gasteiger partial charge in [0, 0.05) is 0 Å². The molecule has 1 N–H and O–H groups in total. The van der Waals surface area contributed by atoms with Crippen LogP contribution in [0.5, 0.6) is 0 Å². The molecule has 0 atom stereocenters. The lowest BCUT2D eigenvalue weighted by Crippen LogP contribution is -2.16. The van der Waals surface area contributed by atoms with Crippen molar-refractivity contribution in [2.45, 2.75) is 12.5 Å². The molecular formula is C14H11ClN4O2. The molecule has 0 aliphatic carbocycles. The van der Waals surface area contributed by atoms with E-state index >= 15 is 0 Å². The highest BCUT2D eigenvalue weighted by atomic mass is 35.5. The number of nitrogens with zero attached hydrogens (tertiary/aromatic N) is 3. The van der Waals surface area contributed by atoms with Crippen molar-refractivity contribution in [1.29, 1.82) is 5.26 Å². The van der Waals surface area contributed by atoms with E-state index < -0.39 is 6.09 Å². The first kappa shape index (κ1) is 14.8. The lowest BCUT2D eigenvalue weighted by molar-refractivity contribution is 0.155. The van der Waals surface area contributed by atoms with Crippen molar-refractivity contribution in [2.75, 3.05) is 5.32 Å². The molecule has 106 valence electrons. The number of hydrogen-bond acceptors (Lipinski definition) is 5. The number of nitriles is 1. The molecule has 7 heteroatoms. The van der Waals surface area contributed by atoms with Gasteiger partial charge < -0.3 is 4.74 Å². The largest absolute Gasteiger partial charge is 0.444 e. The smallest absolute Gasteiger partial charge is 0.413 e. The van der Waals surface area contributed by atoms with E-state index in [4.69, 9.17) is 21.6 Å². The molecule has 0 saturated carbocycles. The third-order valence-electron chi connectivity index (χ3n) is 2.51. The first-order chi connectivity index (χ1) is 10.2. The Balaban J connectivity index is 2.01. The van der Waals surface area contributed by atoms with E-state index in [2.05, 4.69) is 15.3 Å². The minimum atomic E-state index is -0.699. The Morgan fingerprint density at radius 3 is 2.81 bits per heavy atom. The summed E-state index contributed by atoms with van der Waals surface area (Å²) in [5.74, 6) is 0.481. The van der Waals surface area contributed by atoms with E-state index in [9.17, 15) is 4.79 Å². The van der Waals surface area contributed by atoms with Crippen LogP contribution in [-0.2, 0) is 17.2 Å². The number of aromatic nitrogens is 2. The van der Waals surface area contributed by atoms with Crippen LogP contribution >= 0.6 is 11.6 Å². The van der Waals surface area contributed by atoms with Gasteiger partial charge in [0.2, 0.25) is 0 Å². The van der Waals surface area contributed by atoms with E-state index in [0.717, 1.165) is 5.56 Å². The van der Waals surface area contributed by atoms with Gasteiger partial charge in [-0.05, 0) is 5.56 Å². The number of hydrogen-bond donors (Lipinski definition) is 1. The van der Waals surface area contributed by atoms with Crippen LogP contribution in [0.25, 0.3) is 0 Å². The van der Waals surface area contributed by atoms with Crippen molar-refractivity contribution in [3.8, 4) is 6.07 Å². The summed E-state index contributed by atoms with van der Waals surface area (Å²) in [6.07, 6.45) is 0.604. The maximum Gasteiger partial charge on any atom is 0.413 e. The lowest BCUT2D eigenvalue weighted by atomic mass is 10.2. The van der Waals surface area contributed by atoms with Crippen LogP contribution < -0.4 is 5.32 Å².